The molecule has 2 heterocycles. The minimum absolute atomic E-state index is 0.0894. The van der Waals surface area contributed by atoms with Gasteiger partial charge in [-0.15, -0.1) is 0 Å². The smallest absolute Gasteiger partial charge is 0.253 e. The Labute approximate surface area is 206 Å². The monoisotopic (exact) mass is 477 g/mol. The van der Waals surface area contributed by atoms with E-state index in [0.29, 0.717) is 23.2 Å². The number of amides is 1. The number of aromatic nitrogens is 1. The molecule has 5 rings (SSSR count). The molecule has 34 heavy (non-hydrogen) atoms. The van der Waals surface area contributed by atoms with E-state index in [0.717, 1.165) is 54.1 Å². The molecule has 6 heteroatoms. The Bertz CT molecular complexity index is 1170. The van der Waals surface area contributed by atoms with Crippen LogP contribution >= 0.6 is 11.6 Å². The first-order valence-corrected chi connectivity index (χ1v) is 12.9. The number of benzene rings is 2. The van der Waals surface area contributed by atoms with Gasteiger partial charge in [0, 0.05) is 59.8 Å². The lowest BCUT2D eigenvalue weighted by molar-refractivity contribution is 0.0523. The maximum Gasteiger partial charge on any atom is 0.253 e. The van der Waals surface area contributed by atoms with Crippen molar-refractivity contribution in [1.82, 2.24) is 14.8 Å². The van der Waals surface area contributed by atoms with Crippen LogP contribution in [-0.4, -0.2) is 59.5 Å². The van der Waals surface area contributed by atoms with Gasteiger partial charge in [-0.05, 0) is 50.1 Å². The van der Waals surface area contributed by atoms with Crippen molar-refractivity contribution in [3.05, 3.63) is 59.1 Å². The van der Waals surface area contributed by atoms with Crippen molar-refractivity contribution in [1.29, 1.82) is 0 Å². The zero-order valence-corrected chi connectivity index (χ0v) is 20.6. The van der Waals surface area contributed by atoms with Crippen molar-refractivity contribution in [3.8, 4) is 17.0 Å². The number of hydrogen-bond donors (Lipinski definition) is 0. The van der Waals surface area contributed by atoms with Crippen LogP contribution in [0.3, 0.4) is 0 Å². The molecule has 178 valence electrons. The second kappa shape index (κ2) is 10.3. The Morgan fingerprint density at radius 2 is 1.82 bits per heavy atom. The second-order valence-electron chi connectivity index (χ2n) is 9.30. The summed E-state index contributed by atoms with van der Waals surface area (Å²) < 4.78 is 5.97. The van der Waals surface area contributed by atoms with Crippen molar-refractivity contribution >= 4 is 28.4 Å². The predicted octanol–water partition coefficient (Wildman–Crippen LogP) is 6.04. The molecule has 1 aliphatic carbocycles. The fraction of sp³-hybridized carbons (Fsp3) is 0.429. The summed E-state index contributed by atoms with van der Waals surface area (Å²) >= 11 is 6.19. The van der Waals surface area contributed by atoms with Gasteiger partial charge < -0.3 is 9.64 Å². The number of halogens is 1. The summed E-state index contributed by atoms with van der Waals surface area (Å²) in [6.07, 6.45) is 6.67. The van der Waals surface area contributed by atoms with E-state index in [1.165, 1.54) is 32.1 Å². The van der Waals surface area contributed by atoms with Crippen LogP contribution < -0.4 is 4.74 Å². The van der Waals surface area contributed by atoms with Gasteiger partial charge in [-0.3, -0.25) is 9.69 Å². The van der Waals surface area contributed by atoms with Crippen molar-refractivity contribution in [2.45, 2.75) is 45.1 Å². The quantitative estimate of drug-likeness (QED) is 0.449. The minimum atomic E-state index is 0.0894. The Morgan fingerprint density at radius 3 is 2.56 bits per heavy atom. The van der Waals surface area contributed by atoms with Crippen LogP contribution in [0.1, 0.15) is 49.4 Å². The predicted molar refractivity (Wildman–Crippen MR) is 138 cm³/mol. The van der Waals surface area contributed by atoms with Crippen LogP contribution in [0.4, 0.5) is 0 Å². The Hall–Kier alpha value is -2.63. The highest BCUT2D eigenvalue weighted by molar-refractivity contribution is 6.30. The number of carbonyl (C=O) groups is 1. The van der Waals surface area contributed by atoms with E-state index in [2.05, 4.69) is 4.90 Å². The number of ether oxygens (including phenoxy) is 1. The first-order valence-electron chi connectivity index (χ1n) is 12.5. The van der Waals surface area contributed by atoms with Crippen molar-refractivity contribution < 1.29 is 9.53 Å². The molecule has 2 aliphatic rings. The summed E-state index contributed by atoms with van der Waals surface area (Å²) in [5.41, 5.74) is 3.24. The van der Waals surface area contributed by atoms with E-state index in [9.17, 15) is 4.79 Å². The lowest BCUT2D eigenvalue weighted by atomic mass is 9.94. The fourth-order valence-electron chi connectivity index (χ4n) is 5.32. The highest BCUT2D eigenvalue weighted by Crippen LogP contribution is 2.32. The number of nitrogens with zero attached hydrogens (tertiary/aromatic N) is 3. The molecular formula is C28H32ClN3O2. The van der Waals surface area contributed by atoms with Crippen LogP contribution in [0.2, 0.25) is 5.02 Å². The molecule has 5 nitrogen and oxygen atoms in total. The van der Waals surface area contributed by atoms with E-state index in [-0.39, 0.29) is 5.91 Å². The van der Waals surface area contributed by atoms with Gasteiger partial charge >= 0.3 is 0 Å². The molecule has 3 aromatic rings. The minimum Gasteiger partial charge on any atom is -0.493 e. The summed E-state index contributed by atoms with van der Waals surface area (Å²) in [4.78, 5) is 22.8. The van der Waals surface area contributed by atoms with Crippen LogP contribution in [0.5, 0.6) is 5.75 Å². The highest BCUT2D eigenvalue weighted by atomic mass is 35.5. The molecule has 0 atom stereocenters. The summed E-state index contributed by atoms with van der Waals surface area (Å²) in [6.45, 7) is 6.02. The Balaban J connectivity index is 1.37. The fourth-order valence-corrected chi connectivity index (χ4v) is 5.51. The molecule has 1 aliphatic heterocycles. The number of hydrogen-bond acceptors (Lipinski definition) is 4. The highest BCUT2D eigenvalue weighted by Gasteiger charge is 2.27. The molecule has 2 fully saturated rings. The van der Waals surface area contributed by atoms with E-state index >= 15 is 0 Å². The van der Waals surface area contributed by atoms with E-state index in [1.807, 2.05) is 60.4 Å². The van der Waals surface area contributed by atoms with Gasteiger partial charge in [0.25, 0.3) is 5.91 Å². The zero-order chi connectivity index (χ0) is 23.5. The third kappa shape index (κ3) is 4.91. The molecule has 0 radical (unpaired) electrons. The Kier molecular flexibility index (Phi) is 7.02. The number of carbonyl (C=O) groups excluding carboxylic acids is 1. The third-order valence-electron chi connectivity index (χ3n) is 7.13. The van der Waals surface area contributed by atoms with E-state index in [4.69, 9.17) is 21.3 Å². The van der Waals surface area contributed by atoms with E-state index in [1.54, 1.807) is 0 Å². The van der Waals surface area contributed by atoms with E-state index < -0.39 is 0 Å². The van der Waals surface area contributed by atoms with Crippen LogP contribution in [0, 0.1) is 0 Å². The summed E-state index contributed by atoms with van der Waals surface area (Å²) in [5, 5.41) is 1.53. The maximum atomic E-state index is 13.4. The molecule has 0 unspecified atom stereocenters. The zero-order valence-electron chi connectivity index (χ0n) is 19.8. The van der Waals surface area contributed by atoms with Crippen molar-refractivity contribution in [2.24, 2.45) is 0 Å². The average Bonchev–Trinajstić information content (AvgIpc) is 2.89. The first kappa shape index (κ1) is 23.1. The average molecular weight is 478 g/mol. The van der Waals surface area contributed by atoms with Gasteiger partial charge in [0.1, 0.15) is 5.75 Å². The third-order valence-corrected chi connectivity index (χ3v) is 7.37. The van der Waals surface area contributed by atoms with Gasteiger partial charge in [0.05, 0.1) is 17.8 Å². The van der Waals surface area contributed by atoms with Crippen LogP contribution in [0.25, 0.3) is 22.2 Å². The molecule has 1 aromatic heterocycles. The molecule has 1 saturated carbocycles. The van der Waals surface area contributed by atoms with Gasteiger partial charge in [-0.1, -0.05) is 43.0 Å². The SMILES string of the molecule is CCOc1cc(-c2cccc(Cl)c2)nc2ccc(C(=O)N3CCN(C4CCCCC4)CC3)cc12. The largest absolute Gasteiger partial charge is 0.493 e. The molecular weight excluding hydrogens is 446 g/mol. The maximum absolute atomic E-state index is 13.4. The lowest BCUT2D eigenvalue weighted by Crippen LogP contribution is -2.52. The molecule has 0 N–H and O–H groups in total. The normalized spacial score (nSPS) is 17.8. The van der Waals surface area contributed by atoms with Crippen molar-refractivity contribution in [3.63, 3.8) is 0 Å². The summed E-state index contributed by atoms with van der Waals surface area (Å²) in [7, 11) is 0. The lowest BCUT2D eigenvalue weighted by Gasteiger charge is -2.40. The number of fused-ring (bicyclic) bond motifs is 1. The van der Waals surface area contributed by atoms with Gasteiger partial charge in [-0.2, -0.15) is 0 Å². The van der Waals surface area contributed by atoms with Gasteiger partial charge in [0.15, 0.2) is 0 Å². The van der Waals surface area contributed by atoms with Crippen LogP contribution in [0.15, 0.2) is 48.5 Å². The molecule has 0 bridgehead atoms. The van der Waals surface area contributed by atoms with Crippen molar-refractivity contribution in [2.75, 3.05) is 32.8 Å². The molecule has 1 amide bonds. The van der Waals surface area contributed by atoms with Gasteiger partial charge in [-0.25, -0.2) is 4.98 Å². The number of rotatable bonds is 5. The first-order chi connectivity index (χ1) is 16.6. The van der Waals surface area contributed by atoms with Crippen LogP contribution in [-0.2, 0) is 0 Å². The Morgan fingerprint density at radius 1 is 1.03 bits per heavy atom. The number of pyridine rings is 1. The number of piperazine rings is 1. The topological polar surface area (TPSA) is 45.7 Å². The second-order valence-corrected chi connectivity index (χ2v) is 9.74. The standard InChI is InChI=1S/C28H32ClN3O2/c1-2-34-27-19-26(20-7-6-8-22(29)17-20)30-25-12-11-21(18-24(25)27)28(33)32-15-13-31(14-16-32)23-9-4-3-5-10-23/h6-8,11-12,17-19,23H,2-5,9-10,13-16H2,1H3. The molecule has 2 aromatic carbocycles. The molecule has 0 spiro atoms. The van der Waals surface area contributed by atoms with Gasteiger partial charge in [0.2, 0.25) is 0 Å². The summed E-state index contributed by atoms with van der Waals surface area (Å²) in [5.74, 6) is 0.825. The summed E-state index contributed by atoms with van der Waals surface area (Å²) in [6, 6.07) is 16.1. The molecule has 1 saturated heterocycles.